The summed E-state index contributed by atoms with van der Waals surface area (Å²) < 4.78 is 40.8. The molecule has 2 aromatic rings. The molecule has 1 aliphatic heterocycles. The lowest BCUT2D eigenvalue weighted by Gasteiger charge is -2.19. The first-order valence-electron chi connectivity index (χ1n) is 7.90. The van der Waals surface area contributed by atoms with Crippen molar-refractivity contribution >= 4 is 23.0 Å². The Balaban J connectivity index is 1.72. The summed E-state index contributed by atoms with van der Waals surface area (Å²) in [7, 11) is 0. The molecule has 1 aliphatic rings. The maximum atomic E-state index is 12.3. The molecular weight excluding hydrogens is 347 g/mol. The first-order valence-corrected chi connectivity index (χ1v) is 7.90. The summed E-state index contributed by atoms with van der Waals surface area (Å²) in [6, 6.07) is 12.9. The lowest BCUT2D eigenvalue weighted by atomic mass is 9.94. The van der Waals surface area contributed by atoms with E-state index >= 15 is 0 Å². The maximum Gasteiger partial charge on any atom is 0.573 e. The molecule has 0 aromatic heterocycles. The van der Waals surface area contributed by atoms with Gasteiger partial charge >= 0.3 is 6.36 Å². The Morgan fingerprint density at radius 1 is 1.15 bits per heavy atom. The quantitative estimate of drug-likeness (QED) is 0.856. The van der Waals surface area contributed by atoms with Crippen LogP contribution in [0.15, 0.2) is 53.6 Å². The molecule has 1 heterocycles. The minimum Gasteiger partial charge on any atom is -0.406 e. The molecule has 0 radical (unpaired) electrons. The van der Waals surface area contributed by atoms with E-state index in [0.29, 0.717) is 17.8 Å². The van der Waals surface area contributed by atoms with E-state index in [1.807, 2.05) is 19.1 Å². The molecule has 136 valence electrons. The van der Waals surface area contributed by atoms with Crippen LogP contribution in [0.25, 0.3) is 0 Å². The molecule has 0 saturated heterocycles. The number of ether oxygens (including phenoxy) is 1. The van der Waals surface area contributed by atoms with Crippen LogP contribution in [-0.2, 0) is 4.79 Å². The van der Waals surface area contributed by atoms with Crippen molar-refractivity contribution in [3.8, 4) is 5.75 Å². The first kappa shape index (κ1) is 17.8. The van der Waals surface area contributed by atoms with Crippen LogP contribution in [0, 0.1) is 5.92 Å². The number of rotatable bonds is 4. The Kier molecular flexibility index (Phi) is 4.83. The highest BCUT2D eigenvalue weighted by atomic mass is 19.4. The van der Waals surface area contributed by atoms with Gasteiger partial charge in [-0.3, -0.25) is 4.79 Å². The first-order chi connectivity index (χ1) is 12.3. The Bertz CT molecular complexity index is 832. The fourth-order valence-corrected chi connectivity index (χ4v) is 2.66. The largest absolute Gasteiger partial charge is 0.573 e. The summed E-state index contributed by atoms with van der Waals surface area (Å²) in [5, 5.41) is 7.12. The monoisotopic (exact) mass is 363 g/mol. The number of carbonyl (C=O) groups excluding carboxylic acids is 1. The molecule has 1 amide bonds. The Hall–Kier alpha value is -3.03. The fourth-order valence-electron chi connectivity index (χ4n) is 2.66. The predicted molar refractivity (Wildman–Crippen MR) is 91.3 cm³/mol. The molecule has 0 fully saturated rings. The van der Waals surface area contributed by atoms with Crippen LogP contribution in [0.5, 0.6) is 5.75 Å². The predicted octanol–water partition coefficient (Wildman–Crippen LogP) is 4.19. The van der Waals surface area contributed by atoms with Crippen molar-refractivity contribution in [1.82, 2.24) is 5.43 Å². The molecule has 0 saturated carbocycles. The summed E-state index contributed by atoms with van der Waals surface area (Å²) in [5.41, 5.74) is 5.30. The molecule has 0 aliphatic carbocycles. The topological polar surface area (TPSA) is 62.7 Å². The van der Waals surface area contributed by atoms with Gasteiger partial charge in [0.2, 0.25) is 5.91 Å². The number of hydrogen-bond acceptors (Lipinski definition) is 4. The third kappa shape index (κ3) is 4.53. The van der Waals surface area contributed by atoms with Crippen LogP contribution >= 0.6 is 0 Å². The van der Waals surface area contributed by atoms with Crippen molar-refractivity contribution in [2.75, 3.05) is 5.32 Å². The second kappa shape index (κ2) is 7.07. The van der Waals surface area contributed by atoms with Gasteiger partial charge in [0.1, 0.15) is 5.75 Å². The number of halogens is 3. The van der Waals surface area contributed by atoms with Gasteiger partial charge in [0.05, 0.1) is 5.71 Å². The van der Waals surface area contributed by atoms with Gasteiger partial charge in [-0.15, -0.1) is 13.2 Å². The minimum atomic E-state index is -4.73. The normalized spacial score (nSPS) is 17.3. The van der Waals surface area contributed by atoms with E-state index in [9.17, 15) is 18.0 Å². The van der Waals surface area contributed by atoms with E-state index in [2.05, 4.69) is 20.6 Å². The standard InChI is InChI=1S/C18H16F3N3O2/c1-11-9-16(25)23-24-17(11)12-5-7-13(8-6-12)22-14-3-2-4-15(10-14)26-18(19,20)21/h2-8,10-11,22H,9H2,1H3,(H,23,25)/t11-/m1/s1. The van der Waals surface area contributed by atoms with Crippen LogP contribution < -0.4 is 15.5 Å². The van der Waals surface area contributed by atoms with Gasteiger partial charge < -0.3 is 10.1 Å². The SMILES string of the molecule is C[C@@H]1CC(=O)NN=C1c1ccc(Nc2cccc(OC(F)(F)F)c2)cc1. The molecular formula is C18H16F3N3O2. The zero-order valence-corrected chi connectivity index (χ0v) is 13.8. The van der Waals surface area contributed by atoms with Gasteiger partial charge in [-0.2, -0.15) is 5.10 Å². The van der Waals surface area contributed by atoms with Gasteiger partial charge in [0, 0.05) is 29.8 Å². The highest BCUT2D eigenvalue weighted by molar-refractivity contribution is 6.05. The molecule has 0 bridgehead atoms. The minimum absolute atomic E-state index is 0.0127. The average molecular weight is 363 g/mol. The van der Waals surface area contributed by atoms with Crippen molar-refractivity contribution in [3.63, 3.8) is 0 Å². The van der Waals surface area contributed by atoms with Crippen molar-refractivity contribution in [2.24, 2.45) is 11.0 Å². The number of hydrazone groups is 1. The lowest BCUT2D eigenvalue weighted by molar-refractivity contribution is -0.274. The van der Waals surface area contributed by atoms with Crippen molar-refractivity contribution in [1.29, 1.82) is 0 Å². The van der Waals surface area contributed by atoms with E-state index in [0.717, 1.165) is 11.3 Å². The van der Waals surface area contributed by atoms with Gasteiger partial charge in [-0.25, -0.2) is 5.43 Å². The molecule has 3 rings (SSSR count). The van der Waals surface area contributed by atoms with Gasteiger partial charge in [0.15, 0.2) is 0 Å². The number of benzene rings is 2. The fraction of sp³-hybridized carbons (Fsp3) is 0.222. The second-order valence-corrected chi connectivity index (χ2v) is 5.92. The van der Waals surface area contributed by atoms with E-state index in [4.69, 9.17) is 0 Å². The number of anilines is 2. The summed E-state index contributed by atoms with van der Waals surface area (Å²) >= 11 is 0. The third-order valence-electron chi connectivity index (χ3n) is 3.80. The third-order valence-corrected chi connectivity index (χ3v) is 3.80. The van der Waals surface area contributed by atoms with E-state index < -0.39 is 6.36 Å². The van der Waals surface area contributed by atoms with E-state index in [-0.39, 0.29) is 17.6 Å². The summed E-state index contributed by atoms with van der Waals surface area (Å²) in [5.74, 6) is -0.389. The van der Waals surface area contributed by atoms with Crippen LogP contribution in [0.3, 0.4) is 0 Å². The van der Waals surface area contributed by atoms with E-state index in [1.165, 1.54) is 18.2 Å². The molecule has 5 nitrogen and oxygen atoms in total. The zero-order chi connectivity index (χ0) is 18.7. The lowest BCUT2D eigenvalue weighted by Crippen LogP contribution is -2.31. The Labute approximate surface area is 147 Å². The number of nitrogens with zero attached hydrogens (tertiary/aromatic N) is 1. The molecule has 0 unspecified atom stereocenters. The smallest absolute Gasteiger partial charge is 0.406 e. The second-order valence-electron chi connectivity index (χ2n) is 5.92. The molecule has 1 atom stereocenters. The Morgan fingerprint density at radius 3 is 2.54 bits per heavy atom. The molecule has 2 N–H and O–H groups in total. The number of alkyl halides is 3. The van der Waals surface area contributed by atoms with Crippen LogP contribution in [0.4, 0.5) is 24.5 Å². The highest BCUT2D eigenvalue weighted by Gasteiger charge is 2.31. The summed E-state index contributed by atoms with van der Waals surface area (Å²) in [6.45, 7) is 1.93. The molecule has 8 heteroatoms. The van der Waals surface area contributed by atoms with Gasteiger partial charge in [-0.1, -0.05) is 25.1 Å². The van der Waals surface area contributed by atoms with Crippen LogP contribution in [0.1, 0.15) is 18.9 Å². The van der Waals surface area contributed by atoms with Gasteiger partial charge in [-0.05, 0) is 29.8 Å². The highest BCUT2D eigenvalue weighted by Crippen LogP contribution is 2.27. The zero-order valence-electron chi connectivity index (χ0n) is 13.8. The molecule has 26 heavy (non-hydrogen) atoms. The van der Waals surface area contributed by atoms with Crippen molar-refractivity contribution in [3.05, 3.63) is 54.1 Å². The maximum absolute atomic E-state index is 12.3. The van der Waals surface area contributed by atoms with Crippen molar-refractivity contribution in [2.45, 2.75) is 19.7 Å². The number of hydrogen-bond donors (Lipinski definition) is 2. The van der Waals surface area contributed by atoms with Crippen molar-refractivity contribution < 1.29 is 22.7 Å². The number of carbonyl (C=O) groups is 1. The summed E-state index contributed by atoms with van der Waals surface area (Å²) in [4.78, 5) is 11.3. The van der Waals surface area contributed by atoms with E-state index in [1.54, 1.807) is 18.2 Å². The van der Waals surface area contributed by atoms with Crippen LogP contribution in [-0.4, -0.2) is 18.0 Å². The number of amides is 1. The van der Waals surface area contributed by atoms with Gasteiger partial charge in [0.25, 0.3) is 0 Å². The summed E-state index contributed by atoms with van der Waals surface area (Å²) in [6.07, 6.45) is -4.35. The Morgan fingerprint density at radius 2 is 1.88 bits per heavy atom. The molecule has 2 aromatic carbocycles. The number of nitrogens with one attached hydrogen (secondary N) is 2. The molecule has 0 spiro atoms. The van der Waals surface area contributed by atoms with Crippen LogP contribution in [0.2, 0.25) is 0 Å². The average Bonchev–Trinajstić information content (AvgIpc) is 2.55.